The predicted octanol–water partition coefficient (Wildman–Crippen LogP) is 2.02. The molecule has 0 aromatic carbocycles. The van der Waals surface area contributed by atoms with Crippen LogP contribution < -0.4 is 5.32 Å². The van der Waals surface area contributed by atoms with Gasteiger partial charge in [0.25, 0.3) is 0 Å². The average molecular weight is 240 g/mol. The van der Waals surface area contributed by atoms with E-state index in [1.807, 2.05) is 0 Å². The summed E-state index contributed by atoms with van der Waals surface area (Å²) in [5, 5.41) is 3.73. The van der Waals surface area contributed by atoms with Crippen LogP contribution in [0.4, 0.5) is 0 Å². The Kier molecular flexibility index (Phi) is 4.45. The molecule has 1 atom stereocenters. The summed E-state index contributed by atoms with van der Waals surface area (Å²) in [5.41, 5.74) is 0.190. The van der Waals surface area contributed by atoms with Crippen molar-refractivity contribution in [2.45, 2.75) is 64.1 Å². The Hall–Kier alpha value is -0.120. The van der Waals surface area contributed by atoms with Crippen LogP contribution in [0.15, 0.2) is 0 Å². The second-order valence-electron chi connectivity index (χ2n) is 6.30. The highest BCUT2D eigenvalue weighted by Crippen LogP contribution is 2.22. The lowest BCUT2D eigenvalue weighted by Crippen LogP contribution is -2.58. The molecule has 2 fully saturated rings. The van der Waals surface area contributed by atoms with Crippen LogP contribution in [0.3, 0.4) is 0 Å². The molecule has 2 rings (SSSR count). The smallest absolute Gasteiger partial charge is 0.0645 e. The molecule has 0 bridgehead atoms. The topological polar surface area (TPSA) is 24.5 Å². The summed E-state index contributed by atoms with van der Waals surface area (Å²) in [6, 6.07) is 1.39. The van der Waals surface area contributed by atoms with Gasteiger partial charge in [-0.2, -0.15) is 0 Å². The maximum Gasteiger partial charge on any atom is 0.0645 e. The van der Waals surface area contributed by atoms with Crippen molar-refractivity contribution in [2.24, 2.45) is 0 Å². The number of rotatable bonds is 4. The summed E-state index contributed by atoms with van der Waals surface area (Å²) in [6.07, 6.45) is 5.57. The zero-order chi connectivity index (χ0) is 12.3. The van der Waals surface area contributed by atoms with E-state index < -0.39 is 0 Å². The Labute approximate surface area is 106 Å². The van der Waals surface area contributed by atoms with Crippen molar-refractivity contribution in [1.82, 2.24) is 10.2 Å². The van der Waals surface area contributed by atoms with Crippen molar-refractivity contribution in [3.05, 3.63) is 0 Å². The highest BCUT2D eigenvalue weighted by molar-refractivity contribution is 4.89. The SMILES string of the molecule is CC(CNC1CCCC1)N1CCOCC1(C)C. The Morgan fingerprint density at radius 1 is 1.35 bits per heavy atom. The lowest BCUT2D eigenvalue weighted by molar-refractivity contribution is -0.0684. The molecule has 1 saturated heterocycles. The number of nitrogens with one attached hydrogen (secondary N) is 1. The molecular weight excluding hydrogens is 212 g/mol. The number of nitrogens with zero attached hydrogens (tertiary/aromatic N) is 1. The van der Waals surface area contributed by atoms with E-state index in [1.54, 1.807) is 0 Å². The van der Waals surface area contributed by atoms with E-state index in [-0.39, 0.29) is 5.54 Å². The number of ether oxygens (including phenoxy) is 1. The molecule has 1 N–H and O–H groups in total. The molecular formula is C14H28N2O. The van der Waals surface area contributed by atoms with Gasteiger partial charge in [0.05, 0.1) is 13.2 Å². The minimum absolute atomic E-state index is 0.190. The molecule has 1 saturated carbocycles. The summed E-state index contributed by atoms with van der Waals surface area (Å²) in [6.45, 7) is 10.9. The van der Waals surface area contributed by atoms with E-state index in [4.69, 9.17) is 4.74 Å². The predicted molar refractivity (Wildman–Crippen MR) is 71.3 cm³/mol. The molecule has 0 radical (unpaired) electrons. The minimum atomic E-state index is 0.190. The fourth-order valence-corrected chi connectivity index (χ4v) is 3.26. The molecule has 100 valence electrons. The fourth-order valence-electron chi connectivity index (χ4n) is 3.26. The first kappa shape index (κ1) is 13.3. The Morgan fingerprint density at radius 2 is 2.06 bits per heavy atom. The van der Waals surface area contributed by atoms with E-state index in [0.717, 1.165) is 32.3 Å². The lowest BCUT2D eigenvalue weighted by atomic mass is 10.00. The van der Waals surface area contributed by atoms with E-state index in [1.165, 1.54) is 25.7 Å². The molecule has 1 unspecified atom stereocenters. The van der Waals surface area contributed by atoms with Crippen molar-refractivity contribution in [2.75, 3.05) is 26.3 Å². The van der Waals surface area contributed by atoms with Gasteiger partial charge in [0, 0.05) is 30.7 Å². The van der Waals surface area contributed by atoms with Gasteiger partial charge in [0.2, 0.25) is 0 Å². The van der Waals surface area contributed by atoms with Gasteiger partial charge in [-0.1, -0.05) is 12.8 Å². The third kappa shape index (κ3) is 3.43. The van der Waals surface area contributed by atoms with Gasteiger partial charge in [-0.25, -0.2) is 0 Å². The van der Waals surface area contributed by atoms with Gasteiger partial charge in [-0.15, -0.1) is 0 Å². The van der Waals surface area contributed by atoms with Gasteiger partial charge in [-0.3, -0.25) is 4.90 Å². The molecule has 0 aromatic rings. The minimum Gasteiger partial charge on any atom is -0.378 e. The van der Waals surface area contributed by atoms with Gasteiger partial charge in [-0.05, 0) is 33.6 Å². The van der Waals surface area contributed by atoms with Crippen LogP contribution >= 0.6 is 0 Å². The fraction of sp³-hybridized carbons (Fsp3) is 1.00. The summed E-state index contributed by atoms with van der Waals surface area (Å²) < 4.78 is 5.58. The summed E-state index contributed by atoms with van der Waals surface area (Å²) in [7, 11) is 0. The lowest BCUT2D eigenvalue weighted by Gasteiger charge is -2.45. The van der Waals surface area contributed by atoms with Gasteiger partial charge in [0.15, 0.2) is 0 Å². The van der Waals surface area contributed by atoms with Crippen LogP contribution in [0.25, 0.3) is 0 Å². The first-order valence-electron chi connectivity index (χ1n) is 7.17. The molecule has 1 heterocycles. The first-order chi connectivity index (χ1) is 8.09. The van der Waals surface area contributed by atoms with Gasteiger partial charge in [0.1, 0.15) is 0 Å². The molecule has 0 aromatic heterocycles. The maximum atomic E-state index is 5.58. The first-order valence-corrected chi connectivity index (χ1v) is 7.17. The van der Waals surface area contributed by atoms with Gasteiger partial charge >= 0.3 is 0 Å². The van der Waals surface area contributed by atoms with Crippen molar-refractivity contribution in [1.29, 1.82) is 0 Å². The van der Waals surface area contributed by atoms with E-state index >= 15 is 0 Å². The average Bonchev–Trinajstić information content (AvgIpc) is 2.78. The molecule has 0 amide bonds. The van der Waals surface area contributed by atoms with Crippen LogP contribution in [0.2, 0.25) is 0 Å². The van der Waals surface area contributed by atoms with Crippen molar-refractivity contribution >= 4 is 0 Å². The number of hydrogen-bond acceptors (Lipinski definition) is 3. The van der Waals surface area contributed by atoms with Crippen LogP contribution in [0.1, 0.15) is 46.5 Å². The number of morpholine rings is 1. The quantitative estimate of drug-likeness (QED) is 0.813. The van der Waals surface area contributed by atoms with Crippen molar-refractivity contribution < 1.29 is 4.74 Å². The van der Waals surface area contributed by atoms with Crippen LogP contribution in [-0.2, 0) is 4.74 Å². The highest BCUT2D eigenvalue weighted by atomic mass is 16.5. The molecule has 3 nitrogen and oxygen atoms in total. The van der Waals surface area contributed by atoms with E-state index in [0.29, 0.717) is 6.04 Å². The van der Waals surface area contributed by atoms with Crippen LogP contribution in [0.5, 0.6) is 0 Å². The Morgan fingerprint density at radius 3 is 2.71 bits per heavy atom. The van der Waals surface area contributed by atoms with Crippen molar-refractivity contribution in [3.63, 3.8) is 0 Å². The maximum absolute atomic E-state index is 5.58. The summed E-state index contributed by atoms with van der Waals surface area (Å²) in [4.78, 5) is 2.60. The monoisotopic (exact) mass is 240 g/mol. The van der Waals surface area contributed by atoms with Crippen molar-refractivity contribution in [3.8, 4) is 0 Å². The molecule has 0 spiro atoms. The molecule has 2 aliphatic rings. The molecule has 3 heteroatoms. The third-order valence-electron chi connectivity index (χ3n) is 4.30. The highest BCUT2D eigenvalue weighted by Gasteiger charge is 2.33. The van der Waals surface area contributed by atoms with Crippen LogP contribution in [-0.4, -0.2) is 48.8 Å². The summed E-state index contributed by atoms with van der Waals surface area (Å²) >= 11 is 0. The third-order valence-corrected chi connectivity index (χ3v) is 4.30. The second kappa shape index (κ2) is 5.68. The molecule has 1 aliphatic heterocycles. The van der Waals surface area contributed by atoms with E-state index in [2.05, 4.69) is 31.0 Å². The van der Waals surface area contributed by atoms with Gasteiger partial charge < -0.3 is 10.1 Å². The Balaban J connectivity index is 1.79. The zero-order valence-electron chi connectivity index (χ0n) is 11.7. The molecule has 17 heavy (non-hydrogen) atoms. The summed E-state index contributed by atoms with van der Waals surface area (Å²) in [5.74, 6) is 0. The molecule has 1 aliphatic carbocycles. The van der Waals surface area contributed by atoms with Crippen LogP contribution in [0, 0.1) is 0 Å². The largest absolute Gasteiger partial charge is 0.378 e. The normalized spacial score (nSPS) is 28.4. The standard InChI is InChI=1S/C14H28N2O/c1-12(10-15-13-6-4-5-7-13)16-8-9-17-11-14(16,2)3/h12-13,15H,4-11H2,1-3H3. The second-order valence-corrected chi connectivity index (χ2v) is 6.30. The van der Waals surface area contributed by atoms with E-state index in [9.17, 15) is 0 Å². The zero-order valence-corrected chi connectivity index (χ0v) is 11.7. The number of hydrogen-bond donors (Lipinski definition) is 1. The Bertz CT molecular complexity index is 236.